The van der Waals surface area contributed by atoms with Gasteiger partial charge in [0.15, 0.2) is 0 Å². The van der Waals surface area contributed by atoms with Gasteiger partial charge in [0, 0.05) is 5.57 Å². The second-order valence-corrected chi connectivity index (χ2v) is 7.29. The minimum absolute atomic E-state index is 0.290. The Hall–Kier alpha value is -2.60. The standard InChI is InChI=1S/C19H20N2O3S/c1-3-24-17-11-9-15(10-12-17)13-20-19-14(2)18(25(22,23)21-19)16-7-5-4-6-8-16/h4-12H,3,13H2,1-2H3,(H,20,21). The van der Waals surface area contributed by atoms with Crippen molar-refractivity contribution >= 4 is 20.8 Å². The van der Waals surface area contributed by atoms with E-state index in [2.05, 4.69) is 9.71 Å². The summed E-state index contributed by atoms with van der Waals surface area (Å²) >= 11 is 0. The lowest BCUT2D eigenvalue weighted by atomic mass is 10.1. The van der Waals surface area contributed by atoms with Gasteiger partial charge in [-0.1, -0.05) is 42.5 Å². The Morgan fingerprint density at radius 2 is 1.72 bits per heavy atom. The maximum Gasteiger partial charge on any atom is 0.264 e. The molecule has 2 aromatic carbocycles. The van der Waals surface area contributed by atoms with Crippen LogP contribution in [0.15, 0.2) is 65.2 Å². The number of hydrogen-bond donors (Lipinski definition) is 1. The average molecular weight is 356 g/mol. The van der Waals surface area contributed by atoms with Crippen LogP contribution >= 0.6 is 0 Å². The van der Waals surface area contributed by atoms with Crippen molar-refractivity contribution in [1.29, 1.82) is 0 Å². The van der Waals surface area contributed by atoms with Gasteiger partial charge in [-0.2, -0.15) is 0 Å². The zero-order chi connectivity index (χ0) is 17.9. The molecule has 1 N–H and O–H groups in total. The largest absolute Gasteiger partial charge is 0.494 e. The van der Waals surface area contributed by atoms with Crippen LogP contribution in [0.4, 0.5) is 0 Å². The monoisotopic (exact) mass is 356 g/mol. The molecule has 0 bridgehead atoms. The lowest BCUT2D eigenvalue weighted by Gasteiger charge is -2.04. The van der Waals surface area contributed by atoms with Crippen LogP contribution in [0.3, 0.4) is 0 Å². The molecule has 0 aromatic heterocycles. The molecule has 0 aliphatic carbocycles. The van der Waals surface area contributed by atoms with Gasteiger partial charge in [0.1, 0.15) is 16.5 Å². The van der Waals surface area contributed by atoms with Crippen LogP contribution in [0.1, 0.15) is 25.0 Å². The topological polar surface area (TPSA) is 67.8 Å². The fourth-order valence-electron chi connectivity index (χ4n) is 2.70. The van der Waals surface area contributed by atoms with Crippen molar-refractivity contribution in [3.05, 3.63) is 71.3 Å². The van der Waals surface area contributed by atoms with Crippen molar-refractivity contribution in [2.75, 3.05) is 6.61 Å². The van der Waals surface area contributed by atoms with E-state index in [0.29, 0.717) is 35.0 Å². The molecule has 130 valence electrons. The minimum atomic E-state index is -3.58. The van der Waals surface area contributed by atoms with Crippen molar-refractivity contribution < 1.29 is 13.2 Å². The van der Waals surface area contributed by atoms with E-state index in [1.165, 1.54) is 0 Å². The van der Waals surface area contributed by atoms with E-state index < -0.39 is 10.0 Å². The third kappa shape index (κ3) is 3.74. The second kappa shape index (κ2) is 7.11. The Morgan fingerprint density at radius 1 is 1.04 bits per heavy atom. The Balaban J connectivity index is 1.85. The van der Waals surface area contributed by atoms with E-state index in [1.807, 2.05) is 49.4 Å². The number of benzene rings is 2. The Kier molecular flexibility index (Phi) is 4.90. The summed E-state index contributed by atoms with van der Waals surface area (Å²) in [6.07, 6.45) is 0. The highest BCUT2D eigenvalue weighted by atomic mass is 32.2. The van der Waals surface area contributed by atoms with E-state index in [9.17, 15) is 8.42 Å². The molecule has 0 amide bonds. The van der Waals surface area contributed by atoms with Crippen LogP contribution in [0.2, 0.25) is 0 Å². The molecule has 0 unspecified atom stereocenters. The van der Waals surface area contributed by atoms with Gasteiger partial charge in [-0.05, 0) is 37.1 Å². The summed E-state index contributed by atoms with van der Waals surface area (Å²) in [6, 6.07) is 16.7. The smallest absolute Gasteiger partial charge is 0.264 e. The number of sulfonamides is 1. The number of rotatable bonds is 5. The fourth-order valence-corrected chi connectivity index (χ4v) is 4.22. The predicted octanol–water partition coefficient (Wildman–Crippen LogP) is 3.35. The second-order valence-electron chi connectivity index (χ2n) is 5.67. The zero-order valence-corrected chi connectivity index (χ0v) is 15.0. The molecule has 2 aromatic rings. The molecule has 0 fully saturated rings. The molecule has 1 aliphatic rings. The van der Waals surface area contributed by atoms with Crippen LogP contribution < -0.4 is 9.46 Å². The molecule has 1 aliphatic heterocycles. The summed E-state index contributed by atoms with van der Waals surface area (Å²) in [5.74, 6) is 1.20. The first-order chi connectivity index (χ1) is 12.0. The van der Waals surface area contributed by atoms with E-state index in [0.717, 1.165) is 11.3 Å². The summed E-state index contributed by atoms with van der Waals surface area (Å²) in [7, 11) is -3.58. The molecular formula is C19H20N2O3S. The van der Waals surface area contributed by atoms with Crippen molar-refractivity contribution in [1.82, 2.24) is 4.72 Å². The Bertz CT molecular complexity index is 915. The SMILES string of the molecule is CCOc1ccc(CN=C2NS(=O)(=O)C(c3ccccc3)=C2C)cc1. The van der Waals surface area contributed by atoms with Crippen molar-refractivity contribution in [2.24, 2.45) is 4.99 Å². The summed E-state index contributed by atoms with van der Waals surface area (Å²) in [5, 5.41) is 0. The van der Waals surface area contributed by atoms with Crippen LogP contribution in [0.5, 0.6) is 5.75 Å². The minimum Gasteiger partial charge on any atom is -0.494 e. The quantitative estimate of drug-likeness (QED) is 0.893. The maximum atomic E-state index is 12.4. The molecule has 0 radical (unpaired) electrons. The van der Waals surface area contributed by atoms with Crippen molar-refractivity contribution in [2.45, 2.75) is 20.4 Å². The average Bonchev–Trinajstić information content (AvgIpc) is 2.84. The lowest BCUT2D eigenvalue weighted by Crippen LogP contribution is -2.23. The molecule has 6 heteroatoms. The first-order valence-corrected chi connectivity index (χ1v) is 9.55. The number of nitrogens with one attached hydrogen (secondary N) is 1. The summed E-state index contributed by atoms with van der Waals surface area (Å²) in [6.45, 7) is 4.72. The molecule has 0 atom stereocenters. The lowest BCUT2D eigenvalue weighted by molar-refractivity contribution is 0.340. The molecule has 0 saturated heterocycles. The van der Waals surface area contributed by atoms with Gasteiger partial charge < -0.3 is 4.74 Å². The van der Waals surface area contributed by atoms with E-state index in [-0.39, 0.29) is 0 Å². The Labute approximate surface area is 148 Å². The van der Waals surface area contributed by atoms with Crippen LogP contribution in [0.25, 0.3) is 4.91 Å². The number of nitrogens with zero attached hydrogens (tertiary/aromatic N) is 1. The Morgan fingerprint density at radius 3 is 2.36 bits per heavy atom. The molecule has 0 saturated carbocycles. The number of ether oxygens (including phenoxy) is 1. The van der Waals surface area contributed by atoms with Gasteiger partial charge >= 0.3 is 0 Å². The van der Waals surface area contributed by atoms with Gasteiger partial charge in [-0.15, -0.1) is 0 Å². The van der Waals surface area contributed by atoms with Gasteiger partial charge in [0.25, 0.3) is 10.0 Å². The normalized spacial score (nSPS) is 17.6. The van der Waals surface area contributed by atoms with Crippen LogP contribution in [0, 0.1) is 0 Å². The molecule has 25 heavy (non-hydrogen) atoms. The maximum absolute atomic E-state index is 12.4. The first kappa shape index (κ1) is 17.2. The summed E-state index contributed by atoms with van der Waals surface area (Å²) in [4.78, 5) is 4.74. The molecule has 1 heterocycles. The number of hydrogen-bond acceptors (Lipinski definition) is 4. The number of amidine groups is 1. The zero-order valence-electron chi connectivity index (χ0n) is 14.2. The number of aliphatic imine (C=N–C) groups is 1. The van der Waals surface area contributed by atoms with Gasteiger partial charge in [0.2, 0.25) is 0 Å². The van der Waals surface area contributed by atoms with Crippen molar-refractivity contribution in [3.63, 3.8) is 0 Å². The van der Waals surface area contributed by atoms with Crippen LogP contribution in [-0.4, -0.2) is 20.9 Å². The summed E-state index contributed by atoms with van der Waals surface area (Å²) < 4.78 is 32.9. The highest BCUT2D eigenvalue weighted by Gasteiger charge is 2.32. The van der Waals surface area contributed by atoms with Gasteiger partial charge in [-0.3, -0.25) is 9.71 Å². The van der Waals surface area contributed by atoms with Crippen molar-refractivity contribution in [3.8, 4) is 5.75 Å². The predicted molar refractivity (Wildman–Crippen MR) is 99.8 cm³/mol. The van der Waals surface area contributed by atoms with E-state index in [1.54, 1.807) is 19.1 Å². The highest BCUT2D eigenvalue weighted by Crippen LogP contribution is 2.29. The van der Waals surface area contributed by atoms with E-state index in [4.69, 9.17) is 4.74 Å². The first-order valence-electron chi connectivity index (χ1n) is 8.07. The third-order valence-corrected chi connectivity index (χ3v) is 5.43. The molecule has 5 nitrogen and oxygen atoms in total. The van der Waals surface area contributed by atoms with Gasteiger partial charge in [-0.25, -0.2) is 8.42 Å². The van der Waals surface area contributed by atoms with Gasteiger partial charge in [0.05, 0.1) is 13.2 Å². The van der Waals surface area contributed by atoms with Crippen LogP contribution in [-0.2, 0) is 16.6 Å². The molecule has 0 spiro atoms. The third-order valence-electron chi connectivity index (χ3n) is 3.89. The fraction of sp³-hybridized carbons (Fsp3) is 0.211. The molecular weight excluding hydrogens is 336 g/mol. The highest BCUT2D eigenvalue weighted by molar-refractivity contribution is 8.00. The summed E-state index contributed by atoms with van der Waals surface area (Å²) in [5.41, 5.74) is 2.28. The molecule has 3 rings (SSSR count). The van der Waals surface area contributed by atoms with E-state index >= 15 is 0 Å².